The van der Waals surface area contributed by atoms with E-state index in [1.165, 1.54) is 13.2 Å². The number of ether oxygens (including phenoxy) is 2. The number of aromatic nitrogens is 2. The standard InChI is InChI=1S/C28H33N7O4/c1-5-21-28(39-23-17-19(30-24(36)6-2)9-12-22(23)38-4)33-27(25(32-21)26(29)37)31-18-7-10-20(11-8-18)35-15-13-34(3)14-16-35/h6-12,17H,2,5,13-16H2,1,3-4H3,(H2,29,37)(H,30,36)(H,31,33). The molecule has 2 aromatic carbocycles. The first kappa shape index (κ1) is 27.4. The molecule has 1 aliphatic rings. The van der Waals surface area contributed by atoms with Crippen molar-refractivity contribution in [3.8, 4) is 17.4 Å². The fraction of sp³-hybridized carbons (Fsp3) is 0.286. The zero-order valence-corrected chi connectivity index (χ0v) is 22.4. The summed E-state index contributed by atoms with van der Waals surface area (Å²) in [6, 6.07) is 12.8. The van der Waals surface area contributed by atoms with E-state index < -0.39 is 5.91 Å². The third-order valence-corrected chi connectivity index (χ3v) is 6.32. The molecule has 0 saturated carbocycles. The van der Waals surface area contributed by atoms with E-state index in [0.717, 1.165) is 31.9 Å². The summed E-state index contributed by atoms with van der Waals surface area (Å²) in [5, 5.41) is 5.85. The maximum atomic E-state index is 12.3. The minimum atomic E-state index is -0.716. The molecule has 2 amide bonds. The fourth-order valence-corrected chi connectivity index (χ4v) is 4.11. The minimum absolute atomic E-state index is 0.00121. The van der Waals surface area contributed by atoms with E-state index >= 15 is 0 Å². The summed E-state index contributed by atoms with van der Waals surface area (Å²) >= 11 is 0. The molecular weight excluding hydrogens is 498 g/mol. The number of piperazine rings is 1. The Morgan fingerprint density at radius 3 is 2.36 bits per heavy atom. The van der Waals surface area contributed by atoms with Crippen LogP contribution in [0.4, 0.5) is 22.9 Å². The molecule has 39 heavy (non-hydrogen) atoms. The van der Waals surface area contributed by atoms with Crippen molar-refractivity contribution in [1.82, 2.24) is 14.9 Å². The molecule has 204 valence electrons. The van der Waals surface area contributed by atoms with Crippen LogP contribution in [0.1, 0.15) is 23.1 Å². The Labute approximate surface area is 227 Å². The summed E-state index contributed by atoms with van der Waals surface area (Å²) in [4.78, 5) is 37.7. The van der Waals surface area contributed by atoms with Gasteiger partial charge in [0, 0.05) is 49.3 Å². The first-order chi connectivity index (χ1) is 18.8. The topological polar surface area (TPSA) is 135 Å². The molecule has 4 rings (SSSR count). The maximum Gasteiger partial charge on any atom is 0.271 e. The lowest BCUT2D eigenvalue weighted by Gasteiger charge is -2.34. The summed E-state index contributed by atoms with van der Waals surface area (Å²) < 4.78 is 11.5. The Bertz CT molecular complexity index is 1350. The van der Waals surface area contributed by atoms with Crippen molar-refractivity contribution in [1.29, 1.82) is 0 Å². The highest BCUT2D eigenvalue weighted by molar-refractivity contribution is 5.99. The molecule has 3 aromatic rings. The number of hydrogen-bond acceptors (Lipinski definition) is 9. The molecule has 4 N–H and O–H groups in total. The Hall–Kier alpha value is -4.64. The number of hydrogen-bond donors (Lipinski definition) is 3. The van der Waals surface area contributed by atoms with Gasteiger partial charge in [-0.1, -0.05) is 13.5 Å². The Balaban J connectivity index is 1.63. The molecule has 0 atom stereocenters. The lowest BCUT2D eigenvalue weighted by molar-refractivity contribution is -0.111. The van der Waals surface area contributed by atoms with Crippen molar-refractivity contribution in [3.05, 3.63) is 66.5 Å². The Morgan fingerprint density at radius 2 is 1.74 bits per heavy atom. The summed E-state index contributed by atoms with van der Waals surface area (Å²) in [6.45, 7) is 9.28. The van der Waals surface area contributed by atoms with Crippen molar-refractivity contribution >= 4 is 34.7 Å². The summed E-state index contributed by atoms with van der Waals surface area (Å²) in [5.74, 6) is -0.0223. The van der Waals surface area contributed by atoms with Gasteiger partial charge in [-0.2, -0.15) is 4.98 Å². The Kier molecular flexibility index (Phi) is 8.62. The largest absolute Gasteiger partial charge is 0.493 e. The number of methoxy groups -OCH3 is 1. The fourth-order valence-electron chi connectivity index (χ4n) is 4.11. The number of rotatable bonds is 10. The van der Waals surface area contributed by atoms with Gasteiger partial charge in [0.1, 0.15) is 5.69 Å². The molecule has 0 radical (unpaired) electrons. The van der Waals surface area contributed by atoms with Crippen LogP contribution in [0.15, 0.2) is 55.1 Å². The number of aryl methyl sites for hydroxylation is 1. The first-order valence-corrected chi connectivity index (χ1v) is 12.6. The summed E-state index contributed by atoms with van der Waals surface area (Å²) in [6.07, 6.45) is 1.60. The molecule has 1 fully saturated rings. The number of likely N-dealkylation sites (N-methyl/N-ethyl adjacent to an activating group) is 1. The second-order valence-corrected chi connectivity index (χ2v) is 9.01. The van der Waals surface area contributed by atoms with Crippen LogP contribution in [0, 0.1) is 0 Å². The molecule has 1 saturated heterocycles. The number of primary amides is 1. The smallest absolute Gasteiger partial charge is 0.271 e. The number of amides is 2. The Morgan fingerprint density at radius 1 is 1.05 bits per heavy atom. The van der Waals surface area contributed by atoms with Crippen LogP contribution in [-0.4, -0.2) is 67.0 Å². The van der Waals surface area contributed by atoms with E-state index in [4.69, 9.17) is 15.2 Å². The van der Waals surface area contributed by atoms with Crippen LogP contribution >= 0.6 is 0 Å². The van der Waals surface area contributed by atoms with Gasteiger partial charge in [-0.05, 0) is 55.9 Å². The zero-order chi connectivity index (χ0) is 27.9. The number of carbonyl (C=O) groups is 2. The first-order valence-electron chi connectivity index (χ1n) is 12.6. The quantitative estimate of drug-likeness (QED) is 0.336. The van der Waals surface area contributed by atoms with Crippen molar-refractivity contribution in [2.24, 2.45) is 5.73 Å². The van der Waals surface area contributed by atoms with Crippen molar-refractivity contribution in [2.75, 3.05) is 55.9 Å². The SMILES string of the molecule is C=CC(=O)Nc1ccc(OC)c(Oc2nc(Nc3ccc(N4CCN(C)CC4)cc3)c(C(N)=O)nc2CC)c1. The number of nitrogens with one attached hydrogen (secondary N) is 2. The van der Waals surface area contributed by atoms with Gasteiger partial charge >= 0.3 is 0 Å². The van der Waals surface area contributed by atoms with Crippen LogP contribution < -0.4 is 30.7 Å². The summed E-state index contributed by atoms with van der Waals surface area (Å²) in [5.41, 5.74) is 8.40. The van der Waals surface area contributed by atoms with Crippen LogP contribution in [0.5, 0.6) is 17.4 Å². The van der Waals surface area contributed by atoms with E-state index in [-0.39, 0.29) is 23.3 Å². The number of nitrogens with two attached hydrogens (primary N) is 1. The number of anilines is 4. The summed E-state index contributed by atoms with van der Waals surface area (Å²) in [7, 11) is 3.63. The van der Waals surface area contributed by atoms with Gasteiger partial charge in [0.25, 0.3) is 5.91 Å². The number of nitrogens with zero attached hydrogens (tertiary/aromatic N) is 4. The predicted octanol–water partition coefficient (Wildman–Crippen LogP) is 3.56. The second-order valence-electron chi connectivity index (χ2n) is 9.01. The van der Waals surface area contributed by atoms with E-state index in [9.17, 15) is 9.59 Å². The molecule has 0 spiro atoms. The average molecular weight is 532 g/mol. The maximum absolute atomic E-state index is 12.3. The normalized spacial score (nSPS) is 13.5. The number of benzene rings is 2. The van der Waals surface area contributed by atoms with Crippen LogP contribution in [-0.2, 0) is 11.2 Å². The van der Waals surface area contributed by atoms with Crippen molar-refractivity contribution in [3.63, 3.8) is 0 Å². The molecule has 11 nitrogen and oxygen atoms in total. The van der Waals surface area contributed by atoms with Gasteiger partial charge in [0.2, 0.25) is 11.8 Å². The van der Waals surface area contributed by atoms with Crippen LogP contribution in [0.2, 0.25) is 0 Å². The third kappa shape index (κ3) is 6.63. The predicted molar refractivity (Wildman–Crippen MR) is 151 cm³/mol. The van der Waals surface area contributed by atoms with Crippen LogP contribution in [0.3, 0.4) is 0 Å². The van der Waals surface area contributed by atoms with E-state index in [1.54, 1.807) is 18.2 Å². The zero-order valence-electron chi connectivity index (χ0n) is 22.4. The lowest BCUT2D eigenvalue weighted by Crippen LogP contribution is -2.44. The molecule has 11 heteroatoms. The van der Waals surface area contributed by atoms with Gasteiger partial charge in [-0.3, -0.25) is 9.59 Å². The van der Waals surface area contributed by atoms with Crippen LogP contribution in [0.25, 0.3) is 0 Å². The number of carbonyl (C=O) groups excluding carboxylic acids is 2. The molecule has 2 heterocycles. The average Bonchev–Trinajstić information content (AvgIpc) is 2.94. The van der Waals surface area contributed by atoms with Gasteiger partial charge in [0.05, 0.1) is 7.11 Å². The second kappa shape index (κ2) is 12.3. The monoisotopic (exact) mass is 531 g/mol. The van der Waals surface area contributed by atoms with E-state index in [0.29, 0.717) is 35.0 Å². The molecule has 0 bridgehead atoms. The molecule has 0 unspecified atom stereocenters. The van der Waals surface area contributed by atoms with Gasteiger partial charge < -0.3 is 35.6 Å². The lowest BCUT2D eigenvalue weighted by atomic mass is 10.2. The van der Waals surface area contributed by atoms with Gasteiger partial charge in [0.15, 0.2) is 23.0 Å². The minimum Gasteiger partial charge on any atom is -0.493 e. The highest BCUT2D eigenvalue weighted by Crippen LogP contribution is 2.35. The van der Waals surface area contributed by atoms with E-state index in [1.807, 2.05) is 31.2 Å². The molecule has 1 aliphatic heterocycles. The van der Waals surface area contributed by atoms with Crippen molar-refractivity contribution < 1.29 is 19.1 Å². The molecule has 1 aromatic heterocycles. The molecule has 0 aliphatic carbocycles. The van der Waals surface area contributed by atoms with Gasteiger partial charge in [-0.15, -0.1) is 0 Å². The molecular formula is C28H33N7O4. The highest BCUT2D eigenvalue weighted by atomic mass is 16.5. The van der Waals surface area contributed by atoms with Gasteiger partial charge in [-0.25, -0.2) is 4.98 Å². The van der Waals surface area contributed by atoms with Crippen molar-refractivity contribution in [2.45, 2.75) is 13.3 Å². The van der Waals surface area contributed by atoms with E-state index in [2.05, 4.69) is 44.0 Å². The third-order valence-electron chi connectivity index (χ3n) is 6.32. The highest BCUT2D eigenvalue weighted by Gasteiger charge is 2.20.